The van der Waals surface area contributed by atoms with E-state index in [0.29, 0.717) is 12.8 Å². The Bertz CT molecular complexity index is 311. The standard InChI is InChI=1S/C11H22O6S/c12-11(17-13)9-7-5-3-1-2-4-6-8-10-18(14,15)16/h13H,1-10H2,(H,14,15,16). The minimum absolute atomic E-state index is 0.156. The molecule has 0 radical (unpaired) electrons. The molecule has 0 saturated heterocycles. The highest BCUT2D eigenvalue weighted by Gasteiger charge is 2.03. The lowest BCUT2D eigenvalue weighted by Gasteiger charge is -2.01. The fraction of sp³-hybridized carbons (Fsp3) is 0.909. The molecule has 0 aromatic heterocycles. The summed E-state index contributed by atoms with van der Waals surface area (Å²) in [5.74, 6) is -0.754. The van der Waals surface area contributed by atoms with Crippen molar-refractivity contribution >= 4 is 16.1 Å². The van der Waals surface area contributed by atoms with Gasteiger partial charge < -0.3 is 4.89 Å². The molecule has 0 spiro atoms. The van der Waals surface area contributed by atoms with E-state index in [0.717, 1.165) is 38.5 Å². The van der Waals surface area contributed by atoms with Gasteiger partial charge in [0, 0.05) is 6.42 Å². The molecule has 2 N–H and O–H groups in total. The van der Waals surface area contributed by atoms with E-state index < -0.39 is 16.1 Å². The summed E-state index contributed by atoms with van der Waals surface area (Å²) in [7, 11) is -3.80. The first-order valence-electron chi connectivity index (χ1n) is 6.25. The van der Waals surface area contributed by atoms with Gasteiger partial charge in [-0.05, 0) is 12.8 Å². The molecule has 0 rings (SSSR count). The molecule has 0 atom stereocenters. The molecular weight excluding hydrogens is 260 g/mol. The average molecular weight is 282 g/mol. The van der Waals surface area contributed by atoms with Gasteiger partial charge in [-0.25, -0.2) is 4.79 Å². The van der Waals surface area contributed by atoms with Crippen molar-refractivity contribution in [3.63, 3.8) is 0 Å². The molecule has 0 fully saturated rings. The van der Waals surface area contributed by atoms with Crippen molar-refractivity contribution < 1.29 is 27.9 Å². The van der Waals surface area contributed by atoms with Crippen LogP contribution in [-0.2, 0) is 19.8 Å². The van der Waals surface area contributed by atoms with E-state index in [-0.39, 0.29) is 12.2 Å². The first-order valence-corrected chi connectivity index (χ1v) is 7.86. The molecule has 0 aromatic rings. The van der Waals surface area contributed by atoms with Crippen LogP contribution in [0, 0.1) is 0 Å². The van der Waals surface area contributed by atoms with Gasteiger partial charge in [0.15, 0.2) is 0 Å². The highest BCUT2D eigenvalue weighted by Crippen LogP contribution is 2.10. The highest BCUT2D eigenvalue weighted by atomic mass is 32.2. The van der Waals surface area contributed by atoms with E-state index in [1.54, 1.807) is 0 Å². The van der Waals surface area contributed by atoms with Crippen molar-refractivity contribution in [2.75, 3.05) is 5.75 Å². The molecule has 0 unspecified atom stereocenters. The van der Waals surface area contributed by atoms with Gasteiger partial charge in [0.2, 0.25) is 0 Å². The van der Waals surface area contributed by atoms with Crippen LogP contribution in [0.25, 0.3) is 0 Å². The minimum atomic E-state index is -3.80. The van der Waals surface area contributed by atoms with Gasteiger partial charge in [-0.1, -0.05) is 38.5 Å². The normalized spacial score (nSPS) is 11.4. The van der Waals surface area contributed by atoms with E-state index in [1.165, 1.54) is 0 Å². The summed E-state index contributed by atoms with van der Waals surface area (Å²) in [5, 5.41) is 8.01. The molecule has 108 valence electrons. The zero-order chi connectivity index (χ0) is 13.9. The lowest BCUT2D eigenvalue weighted by molar-refractivity contribution is -0.234. The van der Waals surface area contributed by atoms with E-state index in [1.807, 2.05) is 0 Å². The molecule has 6 nitrogen and oxygen atoms in total. The summed E-state index contributed by atoms with van der Waals surface area (Å²) in [5.41, 5.74) is 0. The molecule has 0 heterocycles. The van der Waals surface area contributed by atoms with Crippen molar-refractivity contribution in [3.05, 3.63) is 0 Å². The van der Waals surface area contributed by atoms with E-state index in [9.17, 15) is 13.2 Å². The topological polar surface area (TPSA) is 101 Å². The number of rotatable bonds is 11. The van der Waals surface area contributed by atoms with Gasteiger partial charge in [-0.15, -0.1) is 0 Å². The lowest BCUT2D eigenvalue weighted by atomic mass is 10.1. The lowest BCUT2D eigenvalue weighted by Crippen LogP contribution is -2.03. The fourth-order valence-corrected chi connectivity index (χ4v) is 2.23. The molecule has 7 heteroatoms. The number of carbonyl (C=O) groups excluding carboxylic acids is 1. The maximum atomic E-state index is 10.6. The zero-order valence-corrected chi connectivity index (χ0v) is 11.3. The summed E-state index contributed by atoms with van der Waals surface area (Å²) in [4.78, 5) is 14.1. The van der Waals surface area contributed by atoms with Gasteiger partial charge in [0.05, 0.1) is 5.75 Å². The van der Waals surface area contributed by atoms with E-state index in [4.69, 9.17) is 9.81 Å². The summed E-state index contributed by atoms with van der Waals surface area (Å²) in [6, 6.07) is 0. The second-order valence-corrected chi connectivity index (χ2v) is 5.90. The van der Waals surface area contributed by atoms with Gasteiger partial charge in [-0.2, -0.15) is 13.7 Å². The Labute approximate surface area is 108 Å². The van der Waals surface area contributed by atoms with Crippen LogP contribution >= 0.6 is 0 Å². The Morgan fingerprint density at radius 2 is 1.33 bits per heavy atom. The molecular formula is C11H22O6S. The summed E-state index contributed by atoms with van der Waals surface area (Å²) in [6.45, 7) is 0. The molecule has 0 aromatic carbocycles. The molecule has 0 bridgehead atoms. The summed E-state index contributed by atoms with van der Waals surface area (Å²) < 4.78 is 29.3. The maximum absolute atomic E-state index is 10.6. The van der Waals surface area contributed by atoms with Crippen molar-refractivity contribution in [1.29, 1.82) is 0 Å². The molecule has 18 heavy (non-hydrogen) atoms. The Hall–Kier alpha value is -0.660. The first-order chi connectivity index (χ1) is 8.45. The van der Waals surface area contributed by atoms with Crippen LogP contribution in [-0.4, -0.2) is 29.9 Å². The first kappa shape index (κ1) is 17.3. The monoisotopic (exact) mass is 282 g/mol. The average Bonchev–Trinajstić information content (AvgIpc) is 2.29. The second kappa shape index (κ2) is 10.3. The van der Waals surface area contributed by atoms with Crippen LogP contribution in [0.3, 0.4) is 0 Å². The largest absolute Gasteiger partial charge is 0.342 e. The molecule has 0 aliphatic carbocycles. The second-order valence-electron chi connectivity index (χ2n) is 4.33. The number of hydrogen-bond acceptors (Lipinski definition) is 5. The molecule has 0 amide bonds. The number of carbonyl (C=O) groups is 1. The van der Waals surface area contributed by atoms with Gasteiger partial charge in [0.1, 0.15) is 0 Å². The number of hydrogen-bond donors (Lipinski definition) is 2. The van der Waals surface area contributed by atoms with Crippen LogP contribution < -0.4 is 0 Å². The van der Waals surface area contributed by atoms with Crippen molar-refractivity contribution in [2.24, 2.45) is 0 Å². The SMILES string of the molecule is O=C(CCCCCCCCCCS(=O)(=O)O)OO. The Morgan fingerprint density at radius 1 is 0.889 bits per heavy atom. The van der Waals surface area contributed by atoms with Crippen LogP contribution in [0.5, 0.6) is 0 Å². The smallest absolute Gasteiger partial charge is 0.301 e. The van der Waals surface area contributed by atoms with Crippen molar-refractivity contribution in [1.82, 2.24) is 0 Å². The number of unbranched alkanes of at least 4 members (excludes halogenated alkanes) is 7. The maximum Gasteiger partial charge on any atom is 0.342 e. The summed E-state index contributed by atoms with van der Waals surface area (Å²) in [6.07, 6.45) is 7.20. The van der Waals surface area contributed by atoms with Gasteiger partial charge >= 0.3 is 5.97 Å². The Balaban J connectivity index is 3.15. The molecule has 0 saturated carbocycles. The predicted molar refractivity (Wildman–Crippen MR) is 66.7 cm³/mol. The van der Waals surface area contributed by atoms with Crippen molar-refractivity contribution in [3.8, 4) is 0 Å². The van der Waals surface area contributed by atoms with Crippen molar-refractivity contribution in [2.45, 2.75) is 57.8 Å². The Morgan fingerprint density at radius 3 is 1.78 bits per heavy atom. The predicted octanol–water partition coefficient (Wildman–Crippen LogP) is 2.40. The molecule has 0 aliphatic rings. The highest BCUT2D eigenvalue weighted by molar-refractivity contribution is 7.85. The van der Waals surface area contributed by atoms with Gasteiger partial charge in [-0.3, -0.25) is 4.55 Å². The third kappa shape index (κ3) is 13.4. The van der Waals surface area contributed by atoms with Crippen LogP contribution in [0.2, 0.25) is 0 Å². The third-order valence-corrected chi connectivity index (χ3v) is 3.44. The zero-order valence-electron chi connectivity index (χ0n) is 10.5. The molecule has 0 aliphatic heterocycles. The van der Waals surface area contributed by atoms with Gasteiger partial charge in [0.25, 0.3) is 10.1 Å². The quantitative estimate of drug-likeness (QED) is 0.261. The summed E-state index contributed by atoms with van der Waals surface area (Å²) >= 11 is 0. The minimum Gasteiger partial charge on any atom is -0.301 e. The van der Waals surface area contributed by atoms with E-state index in [2.05, 4.69) is 4.89 Å². The Kier molecular flexibility index (Phi) is 9.90. The third-order valence-electron chi connectivity index (χ3n) is 2.64. The van der Waals surface area contributed by atoms with Crippen LogP contribution in [0.4, 0.5) is 0 Å². The van der Waals surface area contributed by atoms with Crippen LogP contribution in [0.1, 0.15) is 57.8 Å². The van der Waals surface area contributed by atoms with E-state index >= 15 is 0 Å². The fourth-order valence-electron chi connectivity index (χ4n) is 1.66. The van der Waals surface area contributed by atoms with Crippen LogP contribution in [0.15, 0.2) is 0 Å².